The molecule has 1 aromatic carbocycles. The summed E-state index contributed by atoms with van der Waals surface area (Å²) in [5.41, 5.74) is 0.722. The second-order valence-electron chi connectivity index (χ2n) is 6.82. The summed E-state index contributed by atoms with van der Waals surface area (Å²) in [6, 6.07) is 9.98. The van der Waals surface area contributed by atoms with E-state index >= 15 is 0 Å². The van der Waals surface area contributed by atoms with Crippen LogP contribution in [0.5, 0.6) is 0 Å². The average Bonchev–Trinajstić information content (AvgIpc) is 3.04. The first-order valence-corrected chi connectivity index (χ1v) is 8.95. The van der Waals surface area contributed by atoms with Crippen LogP contribution in [0.25, 0.3) is 0 Å². The third kappa shape index (κ3) is 4.82. The summed E-state index contributed by atoms with van der Waals surface area (Å²) in [5.74, 6) is -0.448. The van der Waals surface area contributed by atoms with Crippen LogP contribution in [0, 0.1) is 0 Å². The summed E-state index contributed by atoms with van der Waals surface area (Å²) in [6.45, 7) is 11.1. The third-order valence-electron chi connectivity index (χ3n) is 4.21. The minimum absolute atomic E-state index is 0.270. The fraction of sp³-hybridized carbons (Fsp3) is 0.526. The van der Waals surface area contributed by atoms with Crippen LogP contribution in [0.3, 0.4) is 0 Å². The highest BCUT2D eigenvalue weighted by molar-refractivity contribution is 5.99. The topological polar surface area (TPSA) is 74.2 Å². The van der Waals surface area contributed by atoms with Gasteiger partial charge in [0.25, 0.3) is 12.1 Å². The van der Waals surface area contributed by atoms with E-state index < -0.39 is 6.23 Å². The Hall–Kier alpha value is -2.41. The Balaban J connectivity index is 1.99. The number of nitrogens with zero attached hydrogens (tertiary/aromatic N) is 3. The molecule has 0 spiro atoms. The predicted octanol–water partition coefficient (Wildman–Crippen LogP) is 1.79. The van der Waals surface area contributed by atoms with Gasteiger partial charge in [0.15, 0.2) is 0 Å². The smallest absolute Gasteiger partial charge is 0.284 e. The van der Waals surface area contributed by atoms with E-state index in [0.717, 1.165) is 17.1 Å². The summed E-state index contributed by atoms with van der Waals surface area (Å²) >= 11 is 0. The van der Waals surface area contributed by atoms with Crippen molar-refractivity contribution in [2.75, 3.05) is 13.1 Å². The molecular formula is C19H28N4O3. The molecule has 1 N–H and O–H groups in total. The van der Waals surface area contributed by atoms with Gasteiger partial charge in [0.1, 0.15) is 0 Å². The third-order valence-corrected chi connectivity index (χ3v) is 4.21. The zero-order valence-corrected chi connectivity index (χ0v) is 16.1. The van der Waals surface area contributed by atoms with Gasteiger partial charge in [0.2, 0.25) is 11.8 Å². The predicted molar refractivity (Wildman–Crippen MR) is 100 cm³/mol. The molecule has 2 rings (SSSR count). The van der Waals surface area contributed by atoms with Crippen molar-refractivity contribution in [3.63, 3.8) is 0 Å². The largest absolute Gasteiger partial charge is 0.440 e. The number of ether oxygens (including phenoxy) is 1. The SMILES string of the molecule is CC(=O)N1N=C(c2ccccc2)OC1C(=O)NCCN(C(C)C)C(C)C. The van der Waals surface area contributed by atoms with E-state index in [2.05, 4.69) is 43.0 Å². The molecule has 142 valence electrons. The highest BCUT2D eigenvalue weighted by atomic mass is 16.5. The minimum atomic E-state index is -1.07. The lowest BCUT2D eigenvalue weighted by Gasteiger charge is -2.30. The van der Waals surface area contributed by atoms with Gasteiger partial charge in [-0.1, -0.05) is 18.2 Å². The van der Waals surface area contributed by atoms with Crippen molar-refractivity contribution in [1.29, 1.82) is 0 Å². The Bertz CT molecular complexity index is 650. The van der Waals surface area contributed by atoms with E-state index in [1.165, 1.54) is 6.92 Å². The van der Waals surface area contributed by atoms with Crippen LogP contribution in [0.15, 0.2) is 35.4 Å². The van der Waals surface area contributed by atoms with Gasteiger partial charge in [-0.05, 0) is 39.8 Å². The standard InChI is InChI=1S/C19H28N4O3/c1-13(2)22(14(3)4)12-11-20-17(25)19-23(15(5)24)21-18(26-19)16-9-7-6-8-10-16/h6-10,13-14,19H,11-12H2,1-5H3,(H,20,25). The van der Waals surface area contributed by atoms with Crippen molar-refractivity contribution < 1.29 is 14.3 Å². The van der Waals surface area contributed by atoms with Gasteiger partial charge in [0, 0.05) is 37.7 Å². The molecule has 1 unspecified atom stereocenters. The monoisotopic (exact) mass is 360 g/mol. The van der Waals surface area contributed by atoms with E-state index in [4.69, 9.17) is 4.74 Å². The number of hydrogen-bond acceptors (Lipinski definition) is 5. The van der Waals surface area contributed by atoms with Gasteiger partial charge < -0.3 is 10.1 Å². The number of nitrogens with one attached hydrogen (secondary N) is 1. The van der Waals surface area contributed by atoms with Crippen molar-refractivity contribution in [1.82, 2.24) is 15.2 Å². The zero-order valence-electron chi connectivity index (χ0n) is 16.1. The molecule has 1 atom stereocenters. The van der Waals surface area contributed by atoms with E-state index in [0.29, 0.717) is 18.6 Å². The normalized spacial score (nSPS) is 16.8. The summed E-state index contributed by atoms with van der Waals surface area (Å²) in [4.78, 5) is 26.7. The second-order valence-corrected chi connectivity index (χ2v) is 6.82. The molecule has 1 aromatic rings. The van der Waals surface area contributed by atoms with E-state index in [1.54, 1.807) is 0 Å². The number of rotatable bonds is 7. The molecule has 7 heteroatoms. The molecule has 0 aromatic heterocycles. The molecule has 0 aliphatic carbocycles. The Morgan fingerprint density at radius 2 is 1.81 bits per heavy atom. The molecular weight excluding hydrogens is 332 g/mol. The van der Waals surface area contributed by atoms with Crippen LogP contribution in [0.2, 0.25) is 0 Å². The molecule has 1 heterocycles. The van der Waals surface area contributed by atoms with Gasteiger partial charge in [0.05, 0.1) is 0 Å². The number of amides is 2. The van der Waals surface area contributed by atoms with Gasteiger partial charge in [-0.2, -0.15) is 5.01 Å². The fourth-order valence-corrected chi connectivity index (χ4v) is 2.94. The second kappa shape index (κ2) is 8.80. The maximum Gasteiger partial charge on any atom is 0.284 e. The van der Waals surface area contributed by atoms with Crippen molar-refractivity contribution in [2.45, 2.75) is 52.9 Å². The lowest BCUT2D eigenvalue weighted by atomic mass is 10.2. The molecule has 0 radical (unpaired) electrons. The Morgan fingerprint density at radius 3 is 2.35 bits per heavy atom. The molecule has 0 fully saturated rings. The van der Waals surface area contributed by atoms with Crippen LogP contribution < -0.4 is 5.32 Å². The number of benzene rings is 1. The molecule has 7 nitrogen and oxygen atoms in total. The van der Waals surface area contributed by atoms with Crippen LogP contribution in [-0.2, 0) is 14.3 Å². The lowest BCUT2D eigenvalue weighted by Crippen LogP contribution is -2.48. The van der Waals surface area contributed by atoms with Gasteiger partial charge in [-0.25, -0.2) is 0 Å². The Morgan fingerprint density at radius 1 is 1.19 bits per heavy atom. The highest BCUT2D eigenvalue weighted by Crippen LogP contribution is 2.17. The van der Waals surface area contributed by atoms with Crippen molar-refractivity contribution in [3.8, 4) is 0 Å². The number of carbonyl (C=O) groups excluding carboxylic acids is 2. The quantitative estimate of drug-likeness (QED) is 0.804. The maximum atomic E-state index is 12.5. The summed E-state index contributed by atoms with van der Waals surface area (Å²) < 4.78 is 5.67. The lowest BCUT2D eigenvalue weighted by molar-refractivity contribution is -0.146. The van der Waals surface area contributed by atoms with E-state index in [9.17, 15) is 9.59 Å². The van der Waals surface area contributed by atoms with Crippen molar-refractivity contribution >= 4 is 17.7 Å². The van der Waals surface area contributed by atoms with Crippen molar-refractivity contribution in [2.24, 2.45) is 5.10 Å². The Labute approximate surface area is 155 Å². The maximum absolute atomic E-state index is 12.5. The van der Waals surface area contributed by atoms with Crippen LogP contribution in [0.1, 0.15) is 40.2 Å². The first-order valence-electron chi connectivity index (χ1n) is 8.95. The van der Waals surface area contributed by atoms with Crippen molar-refractivity contribution in [3.05, 3.63) is 35.9 Å². The zero-order chi connectivity index (χ0) is 19.3. The molecule has 1 aliphatic heterocycles. The fourth-order valence-electron chi connectivity index (χ4n) is 2.94. The molecule has 0 saturated heterocycles. The van der Waals surface area contributed by atoms with E-state index in [-0.39, 0.29) is 17.7 Å². The van der Waals surface area contributed by atoms with E-state index in [1.807, 2.05) is 30.3 Å². The molecule has 26 heavy (non-hydrogen) atoms. The minimum Gasteiger partial charge on any atom is -0.440 e. The molecule has 0 saturated carbocycles. The average molecular weight is 360 g/mol. The van der Waals surface area contributed by atoms with Crippen LogP contribution >= 0.6 is 0 Å². The summed E-state index contributed by atoms with van der Waals surface area (Å²) in [6.07, 6.45) is -1.07. The number of hydrazone groups is 1. The first kappa shape index (κ1) is 19.9. The van der Waals surface area contributed by atoms with Gasteiger partial charge >= 0.3 is 0 Å². The number of carbonyl (C=O) groups is 2. The van der Waals surface area contributed by atoms with Crippen LogP contribution in [0.4, 0.5) is 0 Å². The molecule has 2 amide bonds. The summed E-state index contributed by atoms with van der Waals surface area (Å²) in [5, 5.41) is 8.10. The highest BCUT2D eigenvalue weighted by Gasteiger charge is 2.37. The summed E-state index contributed by atoms with van der Waals surface area (Å²) in [7, 11) is 0. The van der Waals surface area contributed by atoms with Gasteiger partial charge in [-0.3, -0.25) is 14.5 Å². The van der Waals surface area contributed by atoms with Gasteiger partial charge in [-0.15, -0.1) is 5.10 Å². The van der Waals surface area contributed by atoms with Crippen LogP contribution in [-0.4, -0.2) is 59.0 Å². The Kier molecular flexibility index (Phi) is 6.74. The molecule has 0 bridgehead atoms. The number of hydrogen-bond donors (Lipinski definition) is 1. The first-order chi connectivity index (χ1) is 12.3. The molecule has 1 aliphatic rings.